The quantitative estimate of drug-likeness (QED) is 0.356. The van der Waals surface area contributed by atoms with Crippen molar-refractivity contribution in [1.82, 2.24) is 4.90 Å². The zero-order valence-electron chi connectivity index (χ0n) is 15.8. The molecule has 30 heavy (non-hydrogen) atoms. The van der Waals surface area contributed by atoms with Gasteiger partial charge in [0.1, 0.15) is 4.32 Å². The fourth-order valence-electron chi connectivity index (χ4n) is 3.14. The van der Waals surface area contributed by atoms with Crippen molar-refractivity contribution in [3.05, 3.63) is 81.7 Å². The zero-order chi connectivity index (χ0) is 21.1. The van der Waals surface area contributed by atoms with Gasteiger partial charge in [-0.15, -0.1) is 0 Å². The summed E-state index contributed by atoms with van der Waals surface area (Å²) in [6.07, 6.45) is 1.99. The number of amides is 2. The highest BCUT2D eigenvalue weighted by Gasteiger charge is 2.32. The Kier molecular flexibility index (Phi) is 6.32. The third-order valence-corrected chi connectivity index (χ3v) is 6.49. The molecule has 0 bridgehead atoms. The van der Waals surface area contributed by atoms with E-state index in [1.807, 2.05) is 72.8 Å². The number of thioether (sulfide) groups is 1. The lowest BCUT2D eigenvalue weighted by Crippen LogP contribution is -2.31. The third-order valence-electron chi connectivity index (χ3n) is 4.62. The van der Waals surface area contributed by atoms with Crippen LogP contribution in [0.1, 0.15) is 12.0 Å². The molecule has 3 aromatic carbocycles. The largest absolute Gasteiger partial charge is 0.326 e. The Morgan fingerprint density at radius 2 is 1.87 bits per heavy atom. The van der Waals surface area contributed by atoms with Crippen LogP contribution in [0.2, 0.25) is 0 Å². The molecule has 2 amide bonds. The van der Waals surface area contributed by atoms with Gasteiger partial charge >= 0.3 is 0 Å². The van der Waals surface area contributed by atoms with Gasteiger partial charge in [-0.05, 0) is 46.7 Å². The Hall–Kier alpha value is -2.48. The Morgan fingerprint density at radius 1 is 1.07 bits per heavy atom. The van der Waals surface area contributed by atoms with E-state index in [0.717, 1.165) is 26.5 Å². The highest BCUT2D eigenvalue weighted by molar-refractivity contribution is 9.10. The molecule has 3 aromatic rings. The molecule has 0 atom stereocenters. The molecule has 1 heterocycles. The molecule has 0 radical (unpaired) electrons. The summed E-state index contributed by atoms with van der Waals surface area (Å²) in [4.78, 5) is 27.2. The van der Waals surface area contributed by atoms with Crippen LogP contribution < -0.4 is 5.32 Å². The number of fused-ring (bicyclic) bond motifs is 1. The topological polar surface area (TPSA) is 49.4 Å². The molecule has 0 spiro atoms. The smallest absolute Gasteiger partial charge is 0.266 e. The van der Waals surface area contributed by atoms with Crippen LogP contribution in [0.5, 0.6) is 0 Å². The van der Waals surface area contributed by atoms with Gasteiger partial charge in [-0.3, -0.25) is 14.5 Å². The fraction of sp³-hybridized carbons (Fsp3) is 0.0870. The van der Waals surface area contributed by atoms with Crippen molar-refractivity contribution in [2.24, 2.45) is 0 Å². The van der Waals surface area contributed by atoms with Crippen molar-refractivity contribution < 1.29 is 9.59 Å². The molecule has 0 aliphatic carbocycles. The van der Waals surface area contributed by atoms with E-state index in [0.29, 0.717) is 9.23 Å². The number of hydrogen-bond donors (Lipinski definition) is 1. The minimum Gasteiger partial charge on any atom is -0.326 e. The van der Waals surface area contributed by atoms with Gasteiger partial charge in [0.25, 0.3) is 5.91 Å². The van der Waals surface area contributed by atoms with Crippen molar-refractivity contribution in [2.45, 2.75) is 6.42 Å². The number of benzene rings is 3. The average molecular weight is 497 g/mol. The predicted octanol–water partition coefficient (Wildman–Crippen LogP) is 5.83. The summed E-state index contributed by atoms with van der Waals surface area (Å²) < 4.78 is 1.41. The monoisotopic (exact) mass is 496 g/mol. The van der Waals surface area contributed by atoms with E-state index in [-0.39, 0.29) is 24.8 Å². The van der Waals surface area contributed by atoms with E-state index < -0.39 is 0 Å². The van der Waals surface area contributed by atoms with Crippen molar-refractivity contribution in [1.29, 1.82) is 0 Å². The second kappa shape index (κ2) is 9.12. The number of thiocarbonyl (C=S) groups is 1. The number of nitrogens with zero attached hydrogens (tertiary/aromatic N) is 1. The first-order valence-corrected chi connectivity index (χ1v) is 11.3. The Balaban J connectivity index is 1.38. The lowest BCUT2D eigenvalue weighted by atomic mass is 10.1. The number of rotatable bonds is 5. The minimum atomic E-state index is -0.163. The molecule has 1 N–H and O–H groups in total. The summed E-state index contributed by atoms with van der Waals surface area (Å²) in [5, 5.41) is 5.07. The van der Waals surface area contributed by atoms with E-state index in [4.69, 9.17) is 12.2 Å². The second-order valence-corrected chi connectivity index (χ2v) is 9.34. The van der Waals surface area contributed by atoms with Crippen LogP contribution in [0, 0.1) is 0 Å². The number of hydrogen-bond acceptors (Lipinski definition) is 4. The van der Waals surface area contributed by atoms with Gasteiger partial charge in [0.05, 0.1) is 4.91 Å². The van der Waals surface area contributed by atoms with E-state index in [9.17, 15) is 9.59 Å². The molecular formula is C23H17BrN2O2S2. The van der Waals surface area contributed by atoms with Crippen LogP contribution in [0.25, 0.3) is 16.8 Å². The lowest BCUT2D eigenvalue weighted by molar-refractivity contribution is -0.122. The zero-order valence-corrected chi connectivity index (χ0v) is 19.0. The van der Waals surface area contributed by atoms with Crippen molar-refractivity contribution >= 4 is 78.6 Å². The number of carbonyl (C=O) groups excluding carboxylic acids is 2. The van der Waals surface area contributed by atoms with Crippen molar-refractivity contribution in [2.75, 3.05) is 11.9 Å². The molecule has 1 fully saturated rings. The maximum Gasteiger partial charge on any atom is 0.266 e. The van der Waals surface area contributed by atoms with Gasteiger partial charge in [-0.1, -0.05) is 82.4 Å². The summed E-state index contributed by atoms with van der Waals surface area (Å²) in [6.45, 7) is 0.250. The Bertz CT molecular complexity index is 1190. The molecule has 1 aliphatic heterocycles. The first-order chi connectivity index (χ1) is 14.5. The lowest BCUT2D eigenvalue weighted by Gasteiger charge is -2.14. The molecular weight excluding hydrogens is 480 g/mol. The maximum atomic E-state index is 12.7. The standard InChI is InChI=1S/C23H17BrN2O2S2/c24-18-7-3-4-15(12-18)13-20-22(28)26(23(29)30-20)11-10-21(27)25-19-9-8-16-5-1-2-6-17(16)14-19/h1-9,12-14H,10-11H2,(H,25,27)/b20-13+. The Labute approximate surface area is 192 Å². The molecule has 0 unspecified atom stereocenters. The molecule has 0 saturated carbocycles. The van der Waals surface area contributed by atoms with Crippen LogP contribution >= 0.6 is 39.9 Å². The number of nitrogens with one attached hydrogen (secondary N) is 1. The Morgan fingerprint density at radius 3 is 2.67 bits per heavy atom. The molecule has 0 aromatic heterocycles. The van der Waals surface area contributed by atoms with E-state index in [1.165, 1.54) is 16.7 Å². The summed E-state index contributed by atoms with van der Waals surface area (Å²) in [6, 6.07) is 21.5. The summed E-state index contributed by atoms with van der Waals surface area (Å²) in [5.74, 6) is -0.321. The average Bonchev–Trinajstić information content (AvgIpc) is 2.99. The first kappa shape index (κ1) is 20.8. The third kappa shape index (κ3) is 4.80. The SMILES string of the molecule is O=C(CCN1C(=O)/C(=C\c2cccc(Br)c2)SC1=S)Nc1ccc2ccccc2c1. The van der Waals surface area contributed by atoms with E-state index in [1.54, 1.807) is 0 Å². The van der Waals surface area contributed by atoms with Crippen LogP contribution in [0.15, 0.2) is 76.1 Å². The number of anilines is 1. The van der Waals surface area contributed by atoms with Gasteiger partial charge in [0.2, 0.25) is 5.91 Å². The van der Waals surface area contributed by atoms with Crippen molar-refractivity contribution in [3.63, 3.8) is 0 Å². The minimum absolute atomic E-state index is 0.157. The molecule has 1 aliphatic rings. The predicted molar refractivity (Wildman–Crippen MR) is 131 cm³/mol. The van der Waals surface area contributed by atoms with E-state index in [2.05, 4.69) is 21.2 Å². The van der Waals surface area contributed by atoms with Gasteiger partial charge in [0.15, 0.2) is 0 Å². The highest BCUT2D eigenvalue weighted by Crippen LogP contribution is 2.33. The normalized spacial score (nSPS) is 15.2. The van der Waals surface area contributed by atoms with E-state index >= 15 is 0 Å². The van der Waals surface area contributed by atoms with Crippen LogP contribution in [-0.2, 0) is 9.59 Å². The molecule has 150 valence electrons. The van der Waals surface area contributed by atoms with Gasteiger partial charge in [-0.2, -0.15) is 0 Å². The van der Waals surface area contributed by atoms with Gasteiger partial charge < -0.3 is 5.32 Å². The van der Waals surface area contributed by atoms with Crippen LogP contribution in [0.4, 0.5) is 5.69 Å². The summed E-state index contributed by atoms with van der Waals surface area (Å²) in [5.41, 5.74) is 1.65. The van der Waals surface area contributed by atoms with Crippen LogP contribution in [-0.4, -0.2) is 27.6 Å². The summed E-state index contributed by atoms with van der Waals surface area (Å²) >= 11 is 10.0. The highest BCUT2D eigenvalue weighted by atomic mass is 79.9. The number of halogens is 1. The number of carbonyl (C=O) groups is 2. The van der Waals surface area contributed by atoms with Gasteiger partial charge in [-0.25, -0.2) is 0 Å². The summed E-state index contributed by atoms with van der Waals surface area (Å²) in [7, 11) is 0. The van der Waals surface area contributed by atoms with Crippen LogP contribution in [0.3, 0.4) is 0 Å². The van der Waals surface area contributed by atoms with Crippen molar-refractivity contribution in [3.8, 4) is 0 Å². The fourth-order valence-corrected chi connectivity index (χ4v) is 4.87. The molecule has 1 saturated heterocycles. The maximum absolute atomic E-state index is 12.7. The molecule has 4 rings (SSSR count). The first-order valence-electron chi connectivity index (χ1n) is 9.29. The molecule has 4 nitrogen and oxygen atoms in total. The molecule has 7 heteroatoms. The second-order valence-electron chi connectivity index (χ2n) is 6.75. The van der Waals surface area contributed by atoms with Gasteiger partial charge in [0, 0.05) is 23.1 Å².